The highest BCUT2D eigenvalue weighted by Crippen LogP contribution is 2.08. The van der Waals surface area contributed by atoms with Gasteiger partial charge in [-0.15, -0.1) is 0 Å². The minimum absolute atomic E-state index is 0.0370. The molecule has 0 saturated heterocycles. The van der Waals surface area contributed by atoms with Gasteiger partial charge >= 0.3 is 0 Å². The Kier molecular flexibility index (Phi) is 2.02. The van der Waals surface area contributed by atoms with Gasteiger partial charge < -0.3 is 9.68 Å². The molecule has 0 aromatic heterocycles. The van der Waals surface area contributed by atoms with E-state index in [-0.39, 0.29) is 6.10 Å². The fraction of sp³-hybridized carbons (Fsp3) is 0.800. The van der Waals surface area contributed by atoms with Crippen LogP contribution in [0.25, 0.3) is 0 Å². The van der Waals surface area contributed by atoms with Crippen LogP contribution >= 0.6 is 0 Å². The quantitative estimate of drug-likeness (QED) is 0.537. The second-order valence-electron chi connectivity index (χ2n) is 2.09. The Morgan fingerprint density at radius 3 is 3.22 bits per heavy atom. The molecule has 0 aromatic carbocycles. The molecule has 1 rings (SSSR count). The van der Waals surface area contributed by atoms with Crippen LogP contribution in [0.5, 0.6) is 0 Å². The van der Waals surface area contributed by atoms with Gasteiger partial charge in [-0.3, -0.25) is 0 Å². The first kappa shape index (κ1) is 6.51. The lowest BCUT2D eigenvalue weighted by molar-refractivity contribution is 0.00234. The van der Waals surface area contributed by atoms with E-state index in [1.165, 1.54) is 0 Å². The van der Waals surface area contributed by atoms with Crippen molar-refractivity contribution < 1.29 is 9.68 Å². The Morgan fingerprint density at radius 1 is 2.00 bits per heavy atom. The number of oxime groups is 1. The summed E-state index contributed by atoms with van der Waals surface area (Å²) in [5.41, 5.74) is 0.997. The van der Waals surface area contributed by atoms with Gasteiger partial charge in [0.15, 0.2) is 6.10 Å². The molecule has 0 amide bonds. The molecule has 9 heavy (non-hydrogen) atoms. The maximum Gasteiger partial charge on any atom is 0.158 e. The van der Waals surface area contributed by atoms with Crippen molar-refractivity contribution in [2.45, 2.75) is 19.4 Å². The summed E-state index contributed by atoms with van der Waals surface area (Å²) in [6.45, 7) is 2.33. The van der Waals surface area contributed by atoms with Crippen molar-refractivity contribution in [3.63, 3.8) is 0 Å². The molecule has 0 saturated carbocycles. The Hall–Kier alpha value is -0.610. The van der Waals surface area contributed by atoms with Gasteiger partial charge in [0.1, 0.15) is 6.61 Å². The molecule has 0 aliphatic carbocycles. The van der Waals surface area contributed by atoms with Crippen LogP contribution < -0.4 is 5.90 Å². The Balaban J connectivity index is 2.21. The molecule has 0 spiro atoms. The van der Waals surface area contributed by atoms with Crippen LogP contribution in [0, 0.1) is 0 Å². The van der Waals surface area contributed by atoms with E-state index in [9.17, 15) is 0 Å². The molecule has 1 aliphatic heterocycles. The minimum Gasteiger partial charge on any atom is -0.390 e. The highest BCUT2D eigenvalue weighted by molar-refractivity contribution is 5.82. The van der Waals surface area contributed by atoms with E-state index < -0.39 is 0 Å². The lowest BCUT2D eigenvalue weighted by atomic mass is 10.2. The van der Waals surface area contributed by atoms with Crippen molar-refractivity contribution in [3.8, 4) is 0 Å². The molecule has 1 unspecified atom stereocenters. The van der Waals surface area contributed by atoms with E-state index in [4.69, 9.17) is 10.7 Å². The first-order valence-corrected chi connectivity index (χ1v) is 2.84. The Morgan fingerprint density at radius 2 is 2.78 bits per heavy atom. The van der Waals surface area contributed by atoms with Gasteiger partial charge in [0, 0.05) is 6.42 Å². The average molecular weight is 130 g/mol. The lowest BCUT2D eigenvalue weighted by Crippen LogP contribution is -2.17. The summed E-state index contributed by atoms with van der Waals surface area (Å²) in [5, 5.41) is 3.72. The summed E-state index contributed by atoms with van der Waals surface area (Å²) in [4.78, 5) is 9.26. The first-order chi connectivity index (χ1) is 4.33. The van der Waals surface area contributed by atoms with E-state index in [2.05, 4.69) is 9.99 Å². The Labute approximate surface area is 53.6 Å². The van der Waals surface area contributed by atoms with Crippen LogP contribution in [0.4, 0.5) is 0 Å². The molecule has 52 valence electrons. The second kappa shape index (κ2) is 2.80. The summed E-state index contributed by atoms with van der Waals surface area (Å²) in [5.74, 6) is 4.82. The number of hydrogen-bond acceptors (Lipinski definition) is 4. The third kappa shape index (κ3) is 1.65. The van der Waals surface area contributed by atoms with Crippen molar-refractivity contribution in [3.05, 3.63) is 0 Å². The van der Waals surface area contributed by atoms with Crippen LogP contribution in [-0.2, 0) is 9.68 Å². The first-order valence-electron chi connectivity index (χ1n) is 2.84. The topological polar surface area (TPSA) is 56.8 Å². The lowest BCUT2D eigenvalue weighted by Gasteiger charge is -2.03. The van der Waals surface area contributed by atoms with Gasteiger partial charge in [-0.05, 0) is 6.92 Å². The summed E-state index contributed by atoms with van der Waals surface area (Å²) in [6, 6.07) is 0. The monoisotopic (exact) mass is 130 g/mol. The zero-order valence-corrected chi connectivity index (χ0v) is 5.33. The molecular formula is C5H10N2O2. The third-order valence-electron chi connectivity index (χ3n) is 1.16. The average Bonchev–Trinajstić information content (AvgIpc) is 2.17. The van der Waals surface area contributed by atoms with E-state index in [1.807, 2.05) is 6.92 Å². The SMILES string of the molecule is CC1=NOC(CON)C1. The molecule has 1 heterocycles. The largest absolute Gasteiger partial charge is 0.390 e. The molecule has 2 N–H and O–H groups in total. The maximum absolute atomic E-state index is 4.89. The molecule has 0 fully saturated rings. The van der Waals surface area contributed by atoms with Crippen LogP contribution in [0.15, 0.2) is 5.16 Å². The van der Waals surface area contributed by atoms with Crippen LogP contribution in [0.1, 0.15) is 13.3 Å². The van der Waals surface area contributed by atoms with Crippen molar-refractivity contribution in [1.29, 1.82) is 0 Å². The fourth-order valence-corrected chi connectivity index (χ4v) is 0.765. The van der Waals surface area contributed by atoms with Gasteiger partial charge in [-0.1, -0.05) is 5.16 Å². The fourth-order valence-electron chi connectivity index (χ4n) is 0.765. The normalized spacial score (nSPS) is 25.6. The number of nitrogens with zero attached hydrogens (tertiary/aromatic N) is 1. The van der Waals surface area contributed by atoms with E-state index >= 15 is 0 Å². The number of hydrogen-bond donors (Lipinski definition) is 1. The molecule has 0 bridgehead atoms. The predicted molar refractivity (Wildman–Crippen MR) is 32.7 cm³/mol. The molecule has 1 aliphatic rings. The van der Waals surface area contributed by atoms with Crippen LogP contribution in [0.2, 0.25) is 0 Å². The summed E-state index contributed by atoms with van der Waals surface area (Å²) < 4.78 is 0. The van der Waals surface area contributed by atoms with Crippen LogP contribution in [-0.4, -0.2) is 18.4 Å². The zero-order valence-electron chi connectivity index (χ0n) is 5.33. The maximum atomic E-state index is 4.89. The summed E-state index contributed by atoms with van der Waals surface area (Å²) >= 11 is 0. The van der Waals surface area contributed by atoms with Gasteiger partial charge in [0.05, 0.1) is 5.71 Å². The molecule has 4 heteroatoms. The zero-order chi connectivity index (χ0) is 6.69. The van der Waals surface area contributed by atoms with Crippen LogP contribution in [0.3, 0.4) is 0 Å². The van der Waals surface area contributed by atoms with E-state index in [0.29, 0.717) is 6.61 Å². The van der Waals surface area contributed by atoms with Gasteiger partial charge in [-0.25, -0.2) is 5.90 Å². The van der Waals surface area contributed by atoms with Gasteiger partial charge in [0.2, 0.25) is 0 Å². The number of rotatable bonds is 2. The third-order valence-corrected chi connectivity index (χ3v) is 1.16. The number of nitrogens with two attached hydrogens (primary N) is 1. The molecular weight excluding hydrogens is 120 g/mol. The smallest absolute Gasteiger partial charge is 0.158 e. The van der Waals surface area contributed by atoms with Crippen molar-refractivity contribution in [2.24, 2.45) is 11.1 Å². The van der Waals surface area contributed by atoms with Crippen molar-refractivity contribution in [1.82, 2.24) is 0 Å². The molecule has 0 aromatic rings. The van der Waals surface area contributed by atoms with Crippen molar-refractivity contribution in [2.75, 3.05) is 6.61 Å². The van der Waals surface area contributed by atoms with Crippen molar-refractivity contribution >= 4 is 5.71 Å². The highest BCUT2D eigenvalue weighted by atomic mass is 16.7. The molecule has 0 radical (unpaired) electrons. The summed E-state index contributed by atoms with van der Waals surface area (Å²) in [7, 11) is 0. The van der Waals surface area contributed by atoms with E-state index in [1.54, 1.807) is 0 Å². The molecule has 4 nitrogen and oxygen atoms in total. The predicted octanol–water partition coefficient (Wildman–Crippen LogP) is 0.0415. The second-order valence-corrected chi connectivity index (χ2v) is 2.09. The molecule has 1 atom stereocenters. The van der Waals surface area contributed by atoms with E-state index in [0.717, 1.165) is 12.1 Å². The highest BCUT2D eigenvalue weighted by Gasteiger charge is 2.17. The van der Waals surface area contributed by atoms with Gasteiger partial charge in [-0.2, -0.15) is 0 Å². The Bertz CT molecular complexity index is 124. The standard InChI is InChI=1S/C5H10N2O2/c1-4-2-5(3-8-6)9-7-4/h5H,2-3,6H2,1H3. The minimum atomic E-state index is 0.0370. The summed E-state index contributed by atoms with van der Waals surface area (Å²) in [6.07, 6.45) is 0.868. The van der Waals surface area contributed by atoms with Gasteiger partial charge in [0.25, 0.3) is 0 Å².